The number of H-pyrrole nitrogens is 1. The standard InChI is InChI=1S/C17H18N4O2S/c1-22-13-4-5-14-15(8-13)21-17(20-14)24-10-12-7-11(9-19-18)3-6-16(12)23-2/h3-9H,10,18H2,1-2H3,(H,20,21). The number of ether oxygens (including phenoxy) is 2. The number of hydrogen-bond acceptors (Lipinski definition) is 6. The number of nitrogens with two attached hydrogens (primary N) is 1. The molecule has 2 aromatic carbocycles. The molecule has 7 heteroatoms. The number of methoxy groups -OCH3 is 2. The first-order valence-electron chi connectivity index (χ1n) is 7.30. The van der Waals surface area contributed by atoms with Crippen LogP contribution >= 0.6 is 11.8 Å². The van der Waals surface area contributed by atoms with Crippen LogP contribution in [0, 0.1) is 0 Å². The third kappa shape index (κ3) is 3.46. The highest BCUT2D eigenvalue weighted by Gasteiger charge is 2.08. The predicted molar refractivity (Wildman–Crippen MR) is 97.0 cm³/mol. The normalized spacial score (nSPS) is 11.2. The van der Waals surface area contributed by atoms with Gasteiger partial charge in [-0.2, -0.15) is 5.10 Å². The van der Waals surface area contributed by atoms with Crippen molar-refractivity contribution in [1.82, 2.24) is 9.97 Å². The average molecular weight is 342 g/mol. The Kier molecular flexibility index (Phi) is 4.90. The van der Waals surface area contributed by atoms with Crippen LogP contribution in [0.4, 0.5) is 0 Å². The van der Waals surface area contributed by atoms with Crippen LogP contribution in [-0.2, 0) is 5.75 Å². The maximum Gasteiger partial charge on any atom is 0.166 e. The van der Waals surface area contributed by atoms with Gasteiger partial charge in [0.25, 0.3) is 0 Å². The smallest absolute Gasteiger partial charge is 0.166 e. The molecule has 1 heterocycles. The third-order valence-electron chi connectivity index (χ3n) is 3.56. The van der Waals surface area contributed by atoms with Crippen molar-refractivity contribution < 1.29 is 9.47 Å². The van der Waals surface area contributed by atoms with Gasteiger partial charge in [0.15, 0.2) is 5.16 Å². The number of rotatable bonds is 6. The van der Waals surface area contributed by atoms with Crippen LogP contribution in [0.25, 0.3) is 11.0 Å². The van der Waals surface area contributed by atoms with Crippen molar-refractivity contribution in [3.63, 3.8) is 0 Å². The summed E-state index contributed by atoms with van der Waals surface area (Å²) in [6.45, 7) is 0. The molecule has 0 saturated carbocycles. The van der Waals surface area contributed by atoms with Gasteiger partial charge in [-0.3, -0.25) is 0 Å². The summed E-state index contributed by atoms with van der Waals surface area (Å²) in [6, 6.07) is 11.6. The van der Waals surface area contributed by atoms with E-state index in [1.165, 1.54) is 0 Å². The van der Waals surface area contributed by atoms with E-state index in [2.05, 4.69) is 15.1 Å². The Morgan fingerprint density at radius 2 is 2.08 bits per heavy atom. The Labute approximate surface area is 144 Å². The van der Waals surface area contributed by atoms with Gasteiger partial charge in [0.05, 0.1) is 31.5 Å². The minimum atomic E-state index is 0.715. The van der Waals surface area contributed by atoms with Gasteiger partial charge in [-0.25, -0.2) is 4.98 Å². The third-order valence-corrected chi connectivity index (χ3v) is 4.48. The Bertz CT molecular complexity index is 876. The molecule has 0 atom stereocenters. The van der Waals surface area contributed by atoms with Crippen molar-refractivity contribution in [1.29, 1.82) is 0 Å². The minimum Gasteiger partial charge on any atom is -0.497 e. The molecule has 24 heavy (non-hydrogen) atoms. The zero-order valence-corrected chi connectivity index (χ0v) is 14.3. The van der Waals surface area contributed by atoms with Crippen molar-refractivity contribution in [3.8, 4) is 11.5 Å². The van der Waals surface area contributed by atoms with Crippen molar-refractivity contribution >= 4 is 29.0 Å². The zero-order chi connectivity index (χ0) is 16.9. The van der Waals surface area contributed by atoms with E-state index in [9.17, 15) is 0 Å². The molecule has 0 amide bonds. The molecule has 0 aliphatic heterocycles. The maximum absolute atomic E-state index is 5.42. The molecule has 3 N–H and O–H groups in total. The van der Waals surface area contributed by atoms with Crippen molar-refractivity contribution in [2.75, 3.05) is 14.2 Å². The first-order chi connectivity index (χ1) is 11.7. The molecular formula is C17H18N4O2S. The van der Waals surface area contributed by atoms with Gasteiger partial charge in [-0.15, -0.1) is 0 Å². The quantitative estimate of drug-likeness (QED) is 0.311. The summed E-state index contributed by atoms with van der Waals surface area (Å²) in [6.07, 6.45) is 1.61. The second-order valence-electron chi connectivity index (χ2n) is 5.06. The Morgan fingerprint density at radius 1 is 1.21 bits per heavy atom. The number of hydrogen-bond donors (Lipinski definition) is 2. The number of aromatic nitrogens is 2. The number of nitrogens with zero attached hydrogens (tertiary/aromatic N) is 2. The molecule has 0 fully saturated rings. The first-order valence-corrected chi connectivity index (χ1v) is 8.29. The Morgan fingerprint density at radius 3 is 2.83 bits per heavy atom. The number of benzene rings is 2. The van der Waals surface area contributed by atoms with E-state index in [0.29, 0.717) is 5.75 Å². The van der Waals surface area contributed by atoms with Gasteiger partial charge >= 0.3 is 0 Å². The van der Waals surface area contributed by atoms with Gasteiger partial charge < -0.3 is 20.3 Å². The first kappa shape index (κ1) is 16.2. The SMILES string of the molecule is COc1ccc2nc(SCc3cc(C=NN)ccc3OC)[nH]c2c1. The van der Waals surface area contributed by atoms with Gasteiger partial charge in [0.1, 0.15) is 11.5 Å². The molecule has 0 radical (unpaired) electrons. The lowest BCUT2D eigenvalue weighted by Crippen LogP contribution is -1.94. The van der Waals surface area contributed by atoms with Crippen molar-refractivity contribution in [3.05, 3.63) is 47.5 Å². The summed E-state index contributed by atoms with van der Waals surface area (Å²) in [5.41, 5.74) is 3.85. The van der Waals surface area contributed by atoms with Crippen LogP contribution in [0.3, 0.4) is 0 Å². The highest BCUT2D eigenvalue weighted by Crippen LogP contribution is 2.29. The van der Waals surface area contributed by atoms with E-state index in [0.717, 1.165) is 38.8 Å². The summed E-state index contributed by atoms with van der Waals surface area (Å²) in [5, 5.41) is 4.41. The molecule has 3 aromatic rings. The van der Waals surface area contributed by atoms with Crippen molar-refractivity contribution in [2.24, 2.45) is 10.9 Å². The summed E-state index contributed by atoms with van der Waals surface area (Å²) in [7, 11) is 3.31. The molecule has 3 rings (SSSR count). The highest BCUT2D eigenvalue weighted by atomic mass is 32.2. The number of imidazole rings is 1. The summed E-state index contributed by atoms with van der Waals surface area (Å²) < 4.78 is 10.7. The van der Waals surface area contributed by atoms with Gasteiger partial charge in [0, 0.05) is 17.4 Å². The molecule has 0 spiro atoms. The topological polar surface area (TPSA) is 85.5 Å². The van der Waals surface area contributed by atoms with E-state index in [-0.39, 0.29) is 0 Å². The molecule has 0 aliphatic rings. The van der Waals surface area contributed by atoms with Gasteiger partial charge in [0.2, 0.25) is 0 Å². The number of aromatic amines is 1. The summed E-state index contributed by atoms with van der Waals surface area (Å²) in [5.74, 6) is 7.57. The van der Waals surface area contributed by atoms with Crippen molar-refractivity contribution in [2.45, 2.75) is 10.9 Å². The lowest BCUT2D eigenvalue weighted by Gasteiger charge is -2.08. The van der Waals surface area contributed by atoms with E-state index in [4.69, 9.17) is 15.3 Å². The Hall–Kier alpha value is -2.67. The van der Waals surface area contributed by atoms with Crippen LogP contribution in [0.5, 0.6) is 11.5 Å². The fourth-order valence-electron chi connectivity index (χ4n) is 2.38. The fraction of sp³-hybridized carbons (Fsp3) is 0.176. The van der Waals surface area contributed by atoms with E-state index < -0.39 is 0 Å². The van der Waals surface area contributed by atoms with E-state index >= 15 is 0 Å². The Balaban J connectivity index is 1.81. The maximum atomic E-state index is 5.42. The number of thioether (sulfide) groups is 1. The molecular weight excluding hydrogens is 324 g/mol. The lowest BCUT2D eigenvalue weighted by molar-refractivity contribution is 0.411. The molecule has 1 aromatic heterocycles. The second kappa shape index (κ2) is 7.27. The monoisotopic (exact) mass is 342 g/mol. The minimum absolute atomic E-state index is 0.715. The molecule has 0 saturated heterocycles. The largest absolute Gasteiger partial charge is 0.497 e. The predicted octanol–water partition coefficient (Wildman–Crippen LogP) is 3.17. The molecule has 0 unspecified atom stereocenters. The average Bonchev–Trinajstić information content (AvgIpc) is 3.02. The number of fused-ring (bicyclic) bond motifs is 1. The van der Waals surface area contributed by atoms with E-state index in [1.54, 1.807) is 32.2 Å². The fourth-order valence-corrected chi connectivity index (χ4v) is 3.25. The van der Waals surface area contributed by atoms with Crippen LogP contribution in [0.2, 0.25) is 0 Å². The van der Waals surface area contributed by atoms with Gasteiger partial charge in [-0.05, 0) is 35.9 Å². The van der Waals surface area contributed by atoms with Crippen LogP contribution in [0.15, 0.2) is 46.7 Å². The van der Waals surface area contributed by atoms with Crippen LogP contribution in [-0.4, -0.2) is 30.4 Å². The second-order valence-corrected chi connectivity index (χ2v) is 6.03. The number of hydrazone groups is 1. The van der Waals surface area contributed by atoms with Crippen LogP contribution < -0.4 is 15.3 Å². The molecule has 124 valence electrons. The molecule has 6 nitrogen and oxygen atoms in total. The molecule has 0 bridgehead atoms. The lowest BCUT2D eigenvalue weighted by atomic mass is 10.1. The summed E-state index contributed by atoms with van der Waals surface area (Å²) in [4.78, 5) is 7.88. The summed E-state index contributed by atoms with van der Waals surface area (Å²) >= 11 is 1.61. The van der Waals surface area contributed by atoms with E-state index in [1.807, 2.05) is 36.4 Å². The molecule has 0 aliphatic carbocycles. The number of nitrogens with one attached hydrogen (secondary N) is 1. The van der Waals surface area contributed by atoms with Gasteiger partial charge in [-0.1, -0.05) is 11.8 Å². The van der Waals surface area contributed by atoms with Crippen LogP contribution in [0.1, 0.15) is 11.1 Å². The zero-order valence-electron chi connectivity index (χ0n) is 13.4. The highest BCUT2D eigenvalue weighted by molar-refractivity contribution is 7.98.